The number of likely N-dealkylation sites (N-methyl/N-ethyl adjacent to an activating group) is 1. The lowest BCUT2D eigenvalue weighted by Gasteiger charge is -2.26. The van der Waals surface area contributed by atoms with Crippen molar-refractivity contribution in [1.82, 2.24) is 10.2 Å². The van der Waals surface area contributed by atoms with Crippen LogP contribution in [-0.4, -0.2) is 38.6 Å². The van der Waals surface area contributed by atoms with Gasteiger partial charge in [0.2, 0.25) is 0 Å². The highest BCUT2D eigenvalue weighted by molar-refractivity contribution is 6.42. The van der Waals surface area contributed by atoms with Gasteiger partial charge in [0.1, 0.15) is 5.75 Å². The molecule has 24 heavy (non-hydrogen) atoms. The molecule has 2 aromatic rings. The van der Waals surface area contributed by atoms with Gasteiger partial charge in [0.15, 0.2) is 0 Å². The number of carbonyl (C=O) groups excluding carboxylic acids is 1. The molecular weight excluding hydrogens is 347 g/mol. The monoisotopic (exact) mass is 366 g/mol. The summed E-state index contributed by atoms with van der Waals surface area (Å²) in [7, 11) is 5.56. The van der Waals surface area contributed by atoms with Gasteiger partial charge in [-0.3, -0.25) is 4.79 Å². The maximum absolute atomic E-state index is 12.4. The van der Waals surface area contributed by atoms with Gasteiger partial charge < -0.3 is 15.0 Å². The average molecular weight is 367 g/mol. The largest absolute Gasteiger partial charge is 0.496 e. The molecule has 0 spiro atoms. The summed E-state index contributed by atoms with van der Waals surface area (Å²) < 4.78 is 5.43. The third-order valence-corrected chi connectivity index (χ3v) is 4.50. The molecule has 1 atom stereocenters. The Bertz CT molecular complexity index is 720. The highest BCUT2D eigenvalue weighted by atomic mass is 35.5. The highest BCUT2D eigenvalue weighted by Gasteiger charge is 2.19. The number of para-hydroxylation sites is 1. The predicted octanol–water partition coefficient (Wildman–Crippen LogP) is 4.03. The molecule has 0 aliphatic rings. The molecule has 0 radical (unpaired) electrons. The topological polar surface area (TPSA) is 41.6 Å². The lowest BCUT2D eigenvalue weighted by atomic mass is 10.0. The van der Waals surface area contributed by atoms with Gasteiger partial charge in [0.25, 0.3) is 5.91 Å². The zero-order valence-electron chi connectivity index (χ0n) is 13.8. The fourth-order valence-electron chi connectivity index (χ4n) is 2.44. The SMILES string of the molecule is COc1ccccc1[C@@H](CNC(=O)c1ccc(Cl)c(Cl)c1)N(C)C. The molecule has 4 nitrogen and oxygen atoms in total. The van der Waals surface area contributed by atoms with E-state index < -0.39 is 0 Å². The van der Waals surface area contributed by atoms with Gasteiger partial charge in [0, 0.05) is 17.7 Å². The van der Waals surface area contributed by atoms with Crippen LogP contribution in [0.2, 0.25) is 10.0 Å². The quantitative estimate of drug-likeness (QED) is 0.838. The number of rotatable bonds is 6. The Morgan fingerprint density at radius 1 is 1.17 bits per heavy atom. The minimum absolute atomic E-state index is 0.0205. The zero-order chi connectivity index (χ0) is 17.7. The van der Waals surface area contributed by atoms with E-state index in [0.717, 1.165) is 11.3 Å². The third-order valence-electron chi connectivity index (χ3n) is 3.76. The number of ether oxygens (including phenoxy) is 1. The Labute approximate surface area is 152 Å². The summed E-state index contributed by atoms with van der Waals surface area (Å²) in [5, 5.41) is 3.72. The first-order valence-corrected chi connectivity index (χ1v) is 8.22. The van der Waals surface area contributed by atoms with E-state index in [1.165, 1.54) is 0 Å². The Morgan fingerprint density at radius 3 is 2.50 bits per heavy atom. The van der Waals surface area contributed by atoms with Crippen LogP contribution in [0, 0.1) is 0 Å². The van der Waals surface area contributed by atoms with E-state index in [2.05, 4.69) is 5.32 Å². The molecule has 0 saturated carbocycles. The van der Waals surface area contributed by atoms with Gasteiger partial charge in [-0.2, -0.15) is 0 Å². The standard InChI is InChI=1S/C18H20Cl2N2O2/c1-22(2)16(13-6-4-5-7-17(13)24-3)11-21-18(23)12-8-9-14(19)15(20)10-12/h4-10,16H,11H2,1-3H3,(H,21,23)/t16-/m1/s1. The molecule has 1 N–H and O–H groups in total. The number of benzene rings is 2. The Balaban J connectivity index is 2.14. The zero-order valence-corrected chi connectivity index (χ0v) is 15.4. The summed E-state index contributed by atoms with van der Waals surface area (Å²) in [6, 6.07) is 12.6. The summed E-state index contributed by atoms with van der Waals surface area (Å²) in [4.78, 5) is 14.4. The van der Waals surface area contributed by atoms with Gasteiger partial charge in [-0.25, -0.2) is 0 Å². The fourth-order valence-corrected chi connectivity index (χ4v) is 2.74. The summed E-state index contributed by atoms with van der Waals surface area (Å²) in [5.74, 6) is 0.593. The minimum Gasteiger partial charge on any atom is -0.496 e. The number of hydrogen-bond acceptors (Lipinski definition) is 3. The number of amides is 1. The van der Waals surface area contributed by atoms with E-state index >= 15 is 0 Å². The van der Waals surface area contributed by atoms with Crippen molar-refractivity contribution in [1.29, 1.82) is 0 Å². The second kappa shape index (κ2) is 8.38. The second-order valence-corrected chi connectivity index (χ2v) is 6.37. The van der Waals surface area contributed by atoms with Crippen molar-refractivity contribution >= 4 is 29.1 Å². The Morgan fingerprint density at radius 2 is 1.88 bits per heavy atom. The number of hydrogen-bond donors (Lipinski definition) is 1. The van der Waals surface area contributed by atoms with Crippen molar-refractivity contribution in [2.75, 3.05) is 27.7 Å². The van der Waals surface area contributed by atoms with E-state index in [-0.39, 0.29) is 11.9 Å². The minimum atomic E-state index is -0.199. The lowest BCUT2D eigenvalue weighted by Crippen LogP contribution is -2.34. The third kappa shape index (κ3) is 4.41. The van der Waals surface area contributed by atoms with Crippen LogP contribution in [0.15, 0.2) is 42.5 Å². The van der Waals surface area contributed by atoms with Crippen LogP contribution in [0.25, 0.3) is 0 Å². The summed E-state index contributed by atoms with van der Waals surface area (Å²) in [6.45, 7) is 0.437. The van der Waals surface area contributed by atoms with E-state index in [1.54, 1.807) is 25.3 Å². The molecular formula is C18H20Cl2N2O2. The smallest absolute Gasteiger partial charge is 0.251 e. The van der Waals surface area contributed by atoms with Crippen molar-refractivity contribution in [3.05, 3.63) is 63.6 Å². The second-order valence-electron chi connectivity index (χ2n) is 5.56. The average Bonchev–Trinajstić information content (AvgIpc) is 2.57. The molecule has 0 bridgehead atoms. The molecule has 2 aromatic carbocycles. The van der Waals surface area contributed by atoms with Crippen molar-refractivity contribution < 1.29 is 9.53 Å². The number of carbonyl (C=O) groups is 1. The van der Waals surface area contributed by atoms with E-state index in [4.69, 9.17) is 27.9 Å². The summed E-state index contributed by atoms with van der Waals surface area (Å²) in [6.07, 6.45) is 0. The molecule has 0 aliphatic heterocycles. The Hall–Kier alpha value is -1.75. The van der Waals surface area contributed by atoms with Gasteiger partial charge in [-0.05, 0) is 38.4 Å². The highest BCUT2D eigenvalue weighted by Crippen LogP contribution is 2.27. The van der Waals surface area contributed by atoms with Crippen molar-refractivity contribution in [2.45, 2.75) is 6.04 Å². The van der Waals surface area contributed by atoms with Crippen LogP contribution in [0.1, 0.15) is 22.0 Å². The maximum atomic E-state index is 12.4. The number of nitrogens with one attached hydrogen (secondary N) is 1. The fraction of sp³-hybridized carbons (Fsp3) is 0.278. The number of halogens is 2. The van der Waals surface area contributed by atoms with E-state index in [1.807, 2.05) is 43.3 Å². The Kier molecular flexibility index (Phi) is 6.49. The predicted molar refractivity (Wildman–Crippen MR) is 98.2 cm³/mol. The molecule has 6 heteroatoms. The molecule has 0 aliphatic carbocycles. The van der Waals surface area contributed by atoms with Gasteiger partial charge in [-0.15, -0.1) is 0 Å². The van der Waals surface area contributed by atoms with Crippen LogP contribution >= 0.6 is 23.2 Å². The summed E-state index contributed by atoms with van der Waals surface area (Å²) >= 11 is 11.9. The van der Waals surface area contributed by atoms with Crippen molar-refractivity contribution in [3.63, 3.8) is 0 Å². The van der Waals surface area contributed by atoms with Crippen molar-refractivity contribution in [2.24, 2.45) is 0 Å². The first kappa shape index (κ1) is 18.6. The maximum Gasteiger partial charge on any atom is 0.251 e. The van der Waals surface area contributed by atoms with Crippen LogP contribution < -0.4 is 10.1 Å². The first-order chi connectivity index (χ1) is 11.4. The van der Waals surface area contributed by atoms with Crippen LogP contribution in [0.5, 0.6) is 5.75 Å². The van der Waals surface area contributed by atoms with Gasteiger partial charge in [-0.1, -0.05) is 41.4 Å². The normalized spacial score (nSPS) is 12.1. The molecule has 0 heterocycles. The molecule has 1 amide bonds. The molecule has 0 saturated heterocycles. The van der Waals surface area contributed by atoms with E-state index in [9.17, 15) is 4.79 Å². The van der Waals surface area contributed by atoms with Gasteiger partial charge in [0.05, 0.1) is 23.2 Å². The van der Waals surface area contributed by atoms with Crippen LogP contribution in [0.4, 0.5) is 0 Å². The number of methoxy groups -OCH3 is 1. The lowest BCUT2D eigenvalue weighted by molar-refractivity contribution is 0.0941. The number of nitrogens with zero attached hydrogens (tertiary/aromatic N) is 1. The molecule has 0 fully saturated rings. The summed E-state index contributed by atoms with van der Waals surface area (Å²) in [5.41, 5.74) is 1.49. The molecule has 0 unspecified atom stereocenters. The van der Waals surface area contributed by atoms with E-state index in [0.29, 0.717) is 22.2 Å². The molecule has 128 valence electrons. The molecule has 0 aromatic heterocycles. The van der Waals surface area contributed by atoms with Crippen LogP contribution in [0.3, 0.4) is 0 Å². The van der Waals surface area contributed by atoms with Crippen LogP contribution in [-0.2, 0) is 0 Å². The van der Waals surface area contributed by atoms with Gasteiger partial charge >= 0.3 is 0 Å². The molecule has 2 rings (SSSR count). The van der Waals surface area contributed by atoms with Crippen molar-refractivity contribution in [3.8, 4) is 5.75 Å². The first-order valence-electron chi connectivity index (χ1n) is 7.46.